The van der Waals surface area contributed by atoms with Gasteiger partial charge in [0.05, 0.1) is 4.90 Å². The second kappa shape index (κ2) is 8.39. The Morgan fingerprint density at radius 1 is 1.05 bits per heavy atom. The zero-order valence-corrected chi connectivity index (χ0v) is 14.1. The summed E-state index contributed by atoms with van der Waals surface area (Å²) in [6, 6.07) is 7.37. The third-order valence-electron chi connectivity index (χ3n) is 3.01. The first-order chi connectivity index (χ1) is 9.09. The van der Waals surface area contributed by atoms with Gasteiger partial charge in [-0.25, -0.2) is 0 Å². The van der Waals surface area contributed by atoms with Crippen molar-refractivity contribution in [2.45, 2.75) is 58.5 Å². The van der Waals surface area contributed by atoms with Gasteiger partial charge in [0, 0.05) is 12.1 Å². The fraction of sp³-hybridized carbons (Fsp3) is 0.600. The van der Waals surface area contributed by atoms with Gasteiger partial charge < -0.3 is 0 Å². The molecule has 0 unspecified atom stereocenters. The molecule has 0 amide bonds. The lowest BCUT2D eigenvalue weighted by Gasteiger charge is -2.28. The molecule has 0 aliphatic heterocycles. The highest BCUT2D eigenvalue weighted by molar-refractivity contribution is 7.85. The summed E-state index contributed by atoms with van der Waals surface area (Å²) in [4.78, 5) is 2.39. The van der Waals surface area contributed by atoms with Crippen LogP contribution in [0.5, 0.6) is 0 Å². The maximum Gasteiger partial charge on any atom is 0.294 e. The van der Waals surface area contributed by atoms with Crippen molar-refractivity contribution in [1.29, 1.82) is 0 Å². The molecular weight excluding hydrogens is 274 g/mol. The molecule has 5 heteroatoms. The van der Waals surface area contributed by atoms with E-state index in [1.54, 1.807) is 12.1 Å². The third-order valence-corrected chi connectivity index (χ3v) is 3.88. The minimum atomic E-state index is -4.02. The summed E-state index contributed by atoms with van der Waals surface area (Å²) in [6.07, 6.45) is 0. The molecule has 0 saturated carbocycles. The van der Waals surface area contributed by atoms with Crippen LogP contribution in [0.3, 0.4) is 0 Å². The monoisotopic (exact) mass is 301 g/mol. The fourth-order valence-electron chi connectivity index (χ4n) is 2.04. The zero-order chi connectivity index (χ0) is 15.9. The van der Waals surface area contributed by atoms with Gasteiger partial charge in [-0.3, -0.25) is 9.45 Å². The maximum atomic E-state index is 10.5. The van der Waals surface area contributed by atoms with Crippen LogP contribution < -0.4 is 0 Å². The van der Waals surface area contributed by atoms with Crippen LogP contribution in [0.2, 0.25) is 0 Å². The molecule has 1 N–H and O–H groups in total. The van der Waals surface area contributed by atoms with Gasteiger partial charge >= 0.3 is 0 Å². The van der Waals surface area contributed by atoms with Crippen LogP contribution in [-0.2, 0) is 10.1 Å². The Kier molecular flexibility index (Phi) is 8.01. The molecule has 4 nitrogen and oxygen atoms in total. The molecule has 0 fully saturated rings. The molecule has 0 heterocycles. The number of rotatable bonds is 4. The molecular formula is C15H27NO3S. The van der Waals surface area contributed by atoms with Crippen molar-refractivity contribution in [3.05, 3.63) is 29.8 Å². The minimum Gasteiger partial charge on any atom is -0.299 e. The molecule has 1 aromatic rings. The van der Waals surface area contributed by atoms with Crippen molar-refractivity contribution in [1.82, 2.24) is 4.90 Å². The van der Waals surface area contributed by atoms with Crippen LogP contribution in [0.4, 0.5) is 0 Å². The minimum absolute atomic E-state index is 0.0666. The van der Waals surface area contributed by atoms with Crippen molar-refractivity contribution in [2.75, 3.05) is 6.54 Å². The standard InChI is InChI=1S/C8H19N.C7H8O3S/c1-6-9(7(2)3)8(4)5;1-6-2-4-7(5-3-6)11(8,9)10/h7-8H,6H2,1-5H3;2-5H,1H3,(H,8,9,10). The molecule has 1 aromatic carbocycles. The van der Waals surface area contributed by atoms with Gasteiger partial charge in [-0.1, -0.05) is 24.6 Å². The first-order valence-corrected chi connectivity index (χ1v) is 8.33. The lowest BCUT2D eigenvalue weighted by Crippen LogP contribution is -2.36. The molecule has 0 bridgehead atoms. The number of aryl methyl sites for hydroxylation is 1. The summed E-state index contributed by atoms with van der Waals surface area (Å²) in [5, 5.41) is 0. The highest BCUT2D eigenvalue weighted by atomic mass is 32.2. The van der Waals surface area contributed by atoms with E-state index in [0.29, 0.717) is 12.1 Å². The van der Waals surface area contributed by atoms with Crippen molar-refractivity contribution in [2.24, 2.45) is 0 Å². The summed E-state index contributed by atoms with van der Waals surface area (Å²) < 4.78 is 29.6. The quantitative estimate of drug-likeness (QED) is 0.866. The summed E-state index contributed by atoms with van der Waals surface area (Å²) in [5.41, 5.74) is 0.956. The van der Waals surface area contributed by atoms with Crippen molar-refractivity contribution < 1.29 is 13.0 Å². The van der Waals surface area contributed by atoms with Gasteiger partial charge in [-0.15, -0.1) is 0 Å². The van der Waals surface area contributed by atoms with E-state index in [-0.39, 0.29) is 4.90 Å². The Hall–Kier alpha value is -0.910. The zero-order valence-electron chi connectivity index (χ0n) is 13.3. The largest absolute Gasteiger partial charge is 0.299 e. The number of hydrogen-bond donors (Lipinski definition) is 1. The normalized spacial score (nSPS) is 11.7. The molecule has 0 atom stereocenters. The van der Waals surface area contributed by atoms with Crippen molar-refractivity contribution in [3.8, 4) is 0 Å². The molecule has 0 aliphatic rings. The van der Waals surface area contributed by atoms with Crippen LogP contribution in [0, 0.1) is 6.92 Å². The Balaban J connectivity index is 0.000000370. The van der Waals surface area contributed by atoms with E-state index in [0.717, 1.165) is 12.1 Å². The Bertz CT molecular complexity index is 470. The molecule has 0 spiro atoms. The SMILES string of the molecule is CCN(C(C)C)C(C)C.Cc1ccc(S(=O)(=O)O)cc1. The number of benzene rings is 1. The Labute approximate surface area is 123 Å². The second-order valence-corrected chi connectivity index (χ2v) is 6.73. The Morgan fingerprint density at radius 3 is 1.65 bits per heavy atom. The third kappa shape index (κ3) is 7.03. The number of hydrogen-bond acceptors (Lipinski definition) is 3. The molecule has 0 aromatic heterocycles. The maximum absolute atomic E-state index is 10.5. The second-order valence-electron chi connectivity index (χ2n) is 5.31. The van der Waals surface area contributed by atoms with E-state index in [1.165, 1.54) is 12.1 Å². The summed E-state index contributed by atoms with van der Waals surface area (Å²) >= 11 is 0. The predicted molar refractivity (Wildman–Crippen MR) is 83.6 cm³/mol. The van der Waals surface area contributed by atoms with E-state index in [1.807, 2.05) is 6.92 Å². The van der Waals surface area contributed by atoms with Crippen LogP contribution in [0.1, 0.15) is 40.2 Å². The average Bonchev–Trinajstić information content (AvgIpc) is 2.28. The summed E-state index contributed by atoms with van der Waals surface area (Å²) in [5.74, 6) is 0. The molecule has 0 radical (unpaired) electrons. The van der Waals surface area contributed by atoms with Crippen LogP contribution >= 0.6 is 0 Å². The van der Waals surface area contributed by atoms with Crippen LogP contribution in [0.25, 0.3) is 0 Å². The van der Waals surface area contributed by atoms with Crippen LogP contribution in [-0.4, -0.2) is 36.5 Å². The lowest BCUT2D eigenvalue weighted by molar-refractivity contribution is 0.185. The van der Waals surface area contributed by atoms with E-state index >= 15 is 0 Å². The van der Waals surface area contributed by atoms with Gasteiger partial charge in [0.25, 0.3) is 10.1 Å². The molecule has 0 aliphatic carbocycles. The summed E-state index contributed by atoms with van der Waals surface area (Å²) in [6.45, 7) is 14.2. The van der Waals surface area contributed by atoms with Gasteiger partial charge in [0.1, 0.15) is 0 Å². The summed E-state index contributed by atoms with van der Waals surface area (Å²) in [7, 11) is -4.02. The smallest absolute Gasteiger partial charge is 0.294 e. The topological polar surface area (TPSA) is 57.6 Å². The van der Waals surface area contributed by atoms with E-state index in [9.17, 15) is 8.42 Å². The molecule has 0 saturated heterocycles. The van der Waals surface area contributed by atoms with E-state index in [2.05, 4.69) is 39.5 Å². The van der Waals surface area contributed by atoms with Gasteiger partial charge in [-0.2, -0.15) is 8.42 Å². The van der Waals surface area contributed by atoms with E-state index < -0.39 is 10.1 Å². The van der Waals surface area contributed by atoms with Crippen LogP contribution in [0.15, 0.2) is 29.2 Å². The molecule has 1 rings (SSSR count). The van der Waals surface area contributed by atoms with E-state index in [4.69, 9.17) is 4.55 Å². The highest BCUT2D eigenvalue weighted by Crippen LogP contribution is 2.08. The van der Waals surface area contributed by atoms with Gasteiger partial charge in [-0.05, 0) is 53.3 Å². The van der Waals surface area contributed by atoms with Crippen molar-refractivity contribution in [3.63, 3.8) is 0 Å². The van der Waals surface area contributed by atoms with Crippen molar-refractivity contribution >= 4 is 10.1 Å². The first-order valence-electron chi connectivity index (χ1n) is 6.89. The molecule has 116 valence electrons. The highest BCUT2D eigenvalue weighted by Gasteiger charge is 2.09. The van der Waals surface area contributed by atoms with Gasteiger partial charge in [0.15, 0.2) is 0 Å². The average molecular weight is 301 g/mol. The predicted octanol–water partition coefficient (Wildman–Crippen LogP) is 3.37. The fourth-order valence-corrected chi connectivity index (χ4v) is 2.52. The first kappa shape index (κ1) is 19.1. The number of nitrogens with zero attached hydrogens (tertiary/aromatic N) is 1. The molecule has 20 heavy (non-hydrogen) atoms. The Morgan fingerprint density at radius 2 is 1.45 bits per heavy atom. The van der Waals surface area contributed by atoms with Gasteiger partial charge in [0.2, 0.25) is 0 Å². The lowest BCUT2D eigenvalue weighted by atomic mass is 10.2.